The van der Waals surface area contributed by atoms with Crippen molar-refractivity contribution in [2.45, 2.75) is 53.0 Å². The van der Waals surface area contributed by atoms with E-state index in [-0.39, 0.29) is 53.7 Å². The highest BCUT2D eigenvalue weighted by molar-refractivity contribution is 5.87. The minimum absolute atomic E-state index is 0.00749. The van der Waals surface area contributed by atoms with E-state index in [1.807, 2.05) is 121 Å². The average molecular weight is 1320 g/mol. The van der Waals surface area contributed by atoms with Crippen LogP contribution in [0.5, 0.6) is 57.5 Å². The number of pyridine rings is 2. The van der Waals surface area contributed by atoms with Gasteiger partial charge in [0.15, 0.2) is 18.9 Å². The first-order valence-electron chi connectivity index (χ1n) is 29.9. The van der Waals surface area contributed by atoms with Gasteiger partial charge in [-0.25, -0.2) is 0 Å². The molecule has 6 N–H and O–H groups in total. The molecular weight excluding hydrogens is 1230 g/mol. The van der Waals surface area contributed by atoms with Crippen LogP contribution in [0.4, 0.5) is 28.4 Å². The highest BCUT2D eigenvalue weighted by Crippen LogP contribution is 2.36. The van der Waals surface area contributed by atoms with Crippen LogP contribution < -0.4 is 58.5 Å². The van der Waals surface area contributed by atoms with Crippen LogP contribution in [0.25, 0.3) is 22.8 Å². The van der Waals surface area contributed by atoms with Gasteiger partial charge in [0.1, 0.15) is 64.1 Å². The maximum atomic E-state index is 11.4. The van der Waals surface area contributed by atoms with Gasteiger partial charge < -0.3 is 78.9 Å². The van der Waals surface area contributed by atoms with Crippen LogP contribution in [0.1, 0.15) is 82.0 Å². The molecule has 0 saturated carbocycles. The molecular formula is C71H91N11O14. The van der Waals surface area contributed by atoms with Crippen LogP contribution in [0.15, 0.2) is 134 Å². The Labute approximate surface area is 562 Å². The van der Waals surface area contributed by atoms with E-state index < -0.39 is 0 Å². The first-order valence-corrected chi connectivity index (χ1v) is 29.9. The molecule has 0 saturated heterocycles. The van der Waals surface area contributed by atoms with Crippen LogP contribution >= 0.6 is 0 Å². The first-order chi connectivity index (χ1) is 45.8. The molecule has 0 unspecified atom stereocenters. The van der Waals surface area contributed by atoms with E-state index in [1.54, 1.807) is 109 Å². The number of methoxy groups -OCH3 is 6. The molecule has 0 bridgehead atoms. The maximum Gasteiger partial charge on any atom is 0.157 e. The molecule has 4 aromatic heterocycles. The Morgan fingerprint density at radius 1 is 0.448 bits per heavy atom. The number of aromatic nitrogens is 6. The third kappa shape index (κ3) is 21.7. The van der Waals surface area contributed by atoms with Crippen molar-refractivity contribution in [3.8, 4) is 80.3 Å². The molecule has 0 amide bonds. The molecule has 514 valence electrons. The van der Waals surface area contributed by atoms with Gasteiger partial charge >= 0.3 is 0 Å². The summed E-state index contributed by atoms with van der Waals surface area (Å²) in [5.74, 6) is 3.87. The van der Waals surface area contributed by atoms with Crippen molar-refractivity contribution in [1.82, 2.24) is 29.5 Å². The number of rotatable bonds is 21. The summed E-state index contributed by atoms with van der Waals surface area (Å²) >= 11 is 0. The molecule has 0 fully saturated rings. The van der Waals surface area contributed by atoms with Crippen LogP contribution in [0.3, 0.4) is 0 Å². The van der Waals surface area contributed by atoms with Crippen molar-refractivity contribution in [2.24, 2.45) is 0 Å². The predicted octanol–water partition coefficient (Wildman–Crippen LogP) is 11.3. The second-order valence-electron chi connectivity index (χ2n) is 22.2. The van der Waals surface area contributed by atoms with Gasteiger partial charge in [-0.1, -0.05) is 12.1 Å². The molecule has 4 heterocycles. The Hall–Kier alpha value is -11.2. The number of aldehydes is 3. The zero-order chi connectivity index (χ0) is 71.3. The minimum atomic E-state index is -0.210. The fourth-order valence-electron chi connectivity index (χ4n) is 8.83. The van der Waals surface area contributed by atoms with Crippen LogP contribution in [-0.2, 0) is 13.2 Å². The number of nitrogen functional groups attached to an aromatic ring is 1. The van der Waals surface area contributed by atoms with Gasteiger partial charge in [0.25, 0.3) is 0 Å². The van der Waals surface area contributed by atoms with E-state index in [1.165, 1.54) is 32.4 Å². The summed E-state index contributed by atoms with van der Waals surface area (Å²) < 4.78 is 40.2. The lowest BCUT2D eigenvalue weighted by Crippen LogP contribution is -2.10. The van der Waals surface area contributed by atoms with E-state index in [4.69, 9.17) is 38.9 Å². The van der Waals surface area contributed by atoms with E-state index >= 15 is 0 Å². The van der Waals surface area contributed by atoms with Crippen molar-refractivity contribution in [1.29, 1.82) is 0 Å². The molecule has 0 aliphatic carbocycles. The van der Waals surface area contributed by atoms with Crippen molar-refractivity contribution < 1.29 is 68.0 Å². The number of hydrogen-bond donors (Lipinski definition) is 5. The molecule has 0 atom stereocenters. The monoisotopic (exact) mass is 1320 g/mol. The topological polar surface area (TPSA) is 297 Å². The number of carbonyl (C=O) groups is 3. The number of hydrogen-bond acceptors (Lipinski definition) is 23. The van der Waals surface area contributed by atoms with E-state index in [0.717, 1.165) is 68.7 Å². The number of phenolic OH excluding ortho intramolecular Hbond substituents is 3. The summed E-state index contributed by atoms with van der Waals surface area (Å²) in [7, 11) is 24.6. The Morgan fingerprint density at radius 3 is 1.18 bits per heavy atom. The largest absolute Gasteiger partial charge is 0.507 e. The highest BCUT2D eigenvalue weighted by Gasteiger charge is 2.19. The van der Waals surface area contributed by atoms with Gasteiger partial charge in [0.2, 0.25) is 0 Å². The van der Waals surface area contributed by atoms with Crippen LogP contribution in [0, 0.1) is 0 Å². The summed E-state index contributed by atoms with van der Waals surface area (Å²) in [5, 5.41) is 46.7. The van der Waals surface area contributed by atoms with E-state index in [0.29, 0.717) is 58.3 Å². The predicted molar refractivity (Wildman–Crippen MR) is 376 cm³/mol. The number of ether oxygens (including phenoxy) is 7. The second kappa shape index (κ2) is 38.1. The molecule has 0 aliphatic rings. The molecule has 96 heavy (non-hydrogen) atoms. The number of carbonyl (C=O) groups excluding carboxylic acids is 3. The molecule has 25 heteroatoms. The Kier molecular flexibility index (Phi) is 30.6. The Morgan fingerprint density at radius 2 is 0.802 bits per heavy atom. The van der Waals surface area contributed by atoms with Gasteiger partial charge in [0.05, 0.1) is 88.7 Å². The SMILES string of the molecule is CC(C)n1nccc1-c1ncccc1CO.CC(C)n1nccc1-c1ncccc1COc1cc(N(C)C)cc(O)c1C=O.CN(C)c1cc(O)c(C=O)c(O)c1.COc1cc(N(C)C)cc(OC)c1C=O.COc1cc(N)cc(OC)c1.COc1cc(OC)cc(N(C)C)c1. The first kappa shape index (κ1) is 77.2. The number of aliphatic hydroxyl groups is 1. The second-order valence-corrected chi connectivity index (χ2v) is 22.2. The molecule has 0 aliphatic heterocycles. The summed E-state index contributed by atoms with van der Waals surface area (Å²) in [6.07, 6.45) is 8.71. The van der Waals surface area contributed by atoms with Crippen molar-refractivity contribution in [2.75, 3.05) is 124 Å². The zero-order valence-electron chi connectivity index (χ0n) is 57.9. The maximum absolute atomic E-state index is 11.4. The lowest BCUT2D eigenvalue weighted by molar-refractivity contribution is 0.110. The summed E-state index contributed by atoms with van der Waals surface area (Å²) in [6.45, 7) is 8.44. The van der Waals surface area contributed by atoms with Gasteiger partial charge in [-0.05, 0) is 52.0 Å². The standard InChI is InChI=1S/C21H24N4O3.C12H15N3O.C11H15NO3.C10H15NO2.C9H11NO3.C8H11NO2/c1-14(2)25-18(7-9-23-25)21-15(6-5-8-22-21)13-28-20-11-16(24(3)4)10-19(27)17(20)12-26;1-9(2)15-11(5-7-14-15)12-10(8-16)4-3-6-13-12;1-12(2)8-5-10(14-3)9(7-13)11(6-8)15-4;1-11(2)8-5-9(12-3)7-10(6-8)13-4;1-10(2)6-3-8(12)7(5-11)9(13)4-6;1-10-7-3-6(9)4-8(5-7)11-2/h5-12,14,27H,13H2,1-4H3;3-7,9,16H,8H2,1-2H3;5-7H,1-4H3;5-7H,1-4H3;3-5,12-13H,1-2H3;3-5H,9H2,1-2H3. The summed E-state index contributed by atoms with van der Waals surface area (Å²) in [4.78, 5) is 49.0. The number of benzene rings is 5. The normalized spacial score (nSPS) is 10.2. The third-order valence-corrected chi connectivity index (χ3v) is 14.0. The quantitative estimate of drug-likeness (QED) is 0.0330. The number of nitrogens with zero attached hydrogens (tertiary/aromatic N) is 10. The van der Waals surface area contributed by atoms with E-state index in [9.17, 15) is 34.8 Å². The fraction of sp³-hybridized carbons (Fsp3) is 0.310. The van der Waals surface area contributed by atoms with Crippen LogP contribution in [0.2, 0.25) is 0 Å². The smallest absolute Gasteiger partial charge is 0.157 e. The van der Waals surface area contributed by atoms with Gasteiger partial charge in [-0.3, -0.25) is 33.7 Å². The Balaban J connectivity index is 0.000000254. The molecule has 9 rings (SSSR count). The van der Waals surface area contributed by atoms with Gasteiger partial charge in [-0.2, -0.15) is 10.2 Å². The minimum Gasteiger partial charge on any atom is -0.507 e. The van der Waals surface area contributed by atoms with Crippen molar-refractivity contribution in [3.05, 3.63) is 162 Å². The lowest BCUT2D eigenvalue weighted by Gasteiger charge is -2.18. The lowest BCUT2D eigenvalue weighted by atomic mass is 10.1. The molecule has 25 nitrogen and oxygen atoms in total. The highest BCUT2D eigenvalue weighted by atomic mass is 16.5. The molecule has 5 aromatic carbocycles. The molecule has 9 aromatic rings. The van der Waals surface area contributed by atoms with Crippen molar-refractivity contribution in [3.63, 3.8) is 0 Å². The van der Waals surface area contributed by atoms with Gasteiger partial charge in [-0.15, -0.1) is 0 Å². The summed E-state index contributed by atoms with van der Waals surface area (Å²) in [6, 6.07) is 32.5. The summed E-state index contributed by atoms with van der Waals surface area (Å²) in [5.41, 5.74) is 15.1. The Bertz CT molecular complexity index is 3830. The van der Waals surface area contributed by atoms with Crippen molar-refractivity contribution >= 4 is 47.3 Å². The molecule has 0 radical (unpaired) electrons. The third-order valence-electron chi connectivity index (χ3n) is 14.0. The van der Waals surface area contributed by atoms with E-state index in [2.05, 4.69) is 47.9 Å². The number of aliphatic hydroxyl groups excluding tert-OH is 1. The number of phenols is 3. The van der Waals surface area contributed by atoms with Gasteiger partial charge in [0, 0.05) is 206 Å². The number of anilines is 5. The molecule has 0 spiro atoms. The zero-order valence-corrected chi connectivity index (χ0v) is 57.9. The van der Waals surface area contributed by atoms with Crippen LogP contribution in [-0.4, -0.2) is 168 Å². The fourth-order valence-corrected chi connectivity index (χ4v) is 8.83. The number of aromatic hydroxyl groups is 3. The average Bonchev–Trinajstić information content (AvgIpc) is 3.07. The number of nitrogens with two attached hydrogens (primary N) is 1.